The summed E-state index contributed by atoms with van der Waals surface area (Å²) in [6, 6.07) is 41.2. The summed E-state index contributed by atoms with van der Waals surface area (Å²) in [5, 5.41) is 0.820. The molecule has 0 saturated heterocycles. The highest BCUT2D eigenvalue weighted by molar-refractivity contribution is 7.94. The Balaban J connectivity index is 0.000000248. The van der Waals surface area contributed by atoms with Crippen LogP contribution in [0.3, 0.4) is 0 Å². The summed E-state index contributed by atoms with van der Waals surface area (Å²) in [6.45, 7) is 2.28. The van der Waals surface area contributed by atoms with Gasteiger partial charge in [0.2, 0.25) is 0 Å². The molecule has 0 spiro atoms. The maximum atomic E-state index is 5.75. The number of benzene rings is 4. The molecule has 0 radical (unpaired) electrons. The molecule has 34 heavy (non-hydrogen) atoms. The van der Waals surface area contributed by atoms with Gasteiger partial charge in [-0.05, 0) is 23.0 Å². The summed E-state index contributed by atoms with van der Waals surface area (Å²) in [6.07, 6.45) is 7.22. The van der Waals surface area contributed by atoms with Crippen molar-refractivity contribution in [3.05, 3.63) is 126 Å². The summed E-state index contributed by atoms with van der Waals surface area (Å²) in [7, 11) is 0.484. The number of halogens is 1. The third kappa shape index (κ3) is 7.04. The van der Waals surface area contributed by atoms with Crippen molar-refractivity contribution in [2.24, 2.45) is 0 Å². The van der Waals surface area contributed by atoms with Crippen LogP contribution in [0.2, 0.25) is 11.3 Å². The average Bonchev–Trinajstić information content (AvgIpc) is 2.88. The molecule has 4 aromatic rings. The zero-order valence-electron chi connectivity index (χ0n) is 20.7. The summed E-state index contributed by atoms with van der Waals surface area (Å²) in [5.41, 5.74) is 5.71. The highest BCUT2D eigenvalue weighted by atomic mass is 35.5. The Morgan fingerprint density at radius 2 is 1.03 bits per heavy atom. The van der Waals surface area contributed by atoms with E-state index in [1.807, 2.05) is 12.1 Å². The fraction of sp³-hybridized carbons (Fsp3) is 0.226. The van der Waals surface area contributed by atoms with Crippen molar-refractivity contribution in [2.45, 2.75) is 31.8 Å². The van der Waals surface area contributed by atoms with E-state index in [1.165, 1.54) is 41.1 Å². The standard InChI is InChI=1S/C22H24B.C9H12ClS/c1-2-3-19-23(20-13-7-4-8-14-20,21-15-9-5-10-16-21)22-17-11-6-12-18-22;1-11(2)7-8-3-5-9(10)6-4-8/h4-18H,2-3,19H2,1H3;3-6H,7H2,1-2H3/q-1;+1. The van der Waals surface area contributed by atoms with Gasteiger partial charge in [0.25, 0.3) is 0 Å². The predicted molar refractivity (Wildman–Crippen MR) is 158 cm³/mol. The van der Waals surface area contributed by atoms with E-state index in [9.17, 15) is 0 Å². The van der Waals surface area contributed by atoms with Crippen LogP contribution < -0.4 is 16.4 Å². The highest BCUT2D eigenvalue weighted by Crippen LogP contribution is 2.16. The van der Waals surface area contributed by atoms with Crippen LogP contribution in [-0.2, 0) is 16.6 Å². The van der Waals surface area contributed by atoms with E-state index in [-0.39, 0.29) is 0 Å². The van der Waals surface area contributed by atoms with Crippen molar-refractivity contribution in [3.8, 4) is 0 Å². The van der Waals surface area contributed by atoms with Crippen LogP contribution in [0.1, 0.15) is 25.3 Å². The van der Waals surface area contributed by atoms with Gasteiger partial charge in [0.15, 0.2) is 0 Å². The van der Waals surface area contributed by atoms with Gasteiger partial charge in [-0.15, -0.1) is 0 Å². The van der Waals surface area contributed by atoms with E-state index in [1.54, 1.807) is 0 Å². The van der Waals surface area contributed by atoms with Crippen LogP contribution in [-0.4, -0.2) is 18.7 Å². The van der Waals surface area contributed by atoms with Gasteiger partial charge in [0.05, 0.1) is 18.7 Å². The molecule has 4 aromatic carbocycles. The van der Waals surface area contributed by atoms with Crippen LogP contribution in [0.25, 0.3) is 0 Å². The van der Waals surface area contributed by atoms with E-state index >= 15 is 0 Å². The summed E-state index contributed by atoms with van der Waals surface area (Å²) in [4.78, 5) is 0. The molecule has 0 atom stereocenters. The van der Waals surface area contributed by atoms with Gasteiger partial charge in [-0.1, -0.05) is 134 Å². The second-order valence-corrected chi connectivity index (χ2v) is 11.9. The first kappa shape index (κ1) is 26.2. The van der Waals surface area contributed by atoms with E-state index < -0.39 is 6.15 Å². The fourth-order valence-corrected chi connectivity index (χ4v) is 5.83. The number of hydrogen-bond acceptors (Lipinski definition) is 0. The average molecular weight is 487 g/mol. The van der Waals surface area contributed by atoms with E-state index in [2.05, 4.69) is 123 Å². The Bertz CT molecular complexity index is 984. The quantitative estimate of drug-likeness (QED) is 0.193. The van der Waals surface area contributed by atoms with E-state index in [0.717, 1.165) is 10.8 Å². The minimum absolute atomic E-state index is 0.484. The van der Waals surface area contributed by atoms with Crippen LogP contribution in [0, 0.1) is 0 Å². The van der Waals surface area contributed by atoms with Gasteiger partial charge >= 0.3 is 0 Å². The lowest BCUT2D eigenvalue weighted by atomic mass is 9.14. The normalized spacial score (nSPS) is 11.1. The number of hydrogen-bond donors (Lipinski definition) is 0. The van der Waals surface area contributed by atoms with Gasteiger partial charge in [-0.2, -0.15) is 22.7 Å². The minimum Gasteiger partial charge on any atom is -0.200 e. The van der Waals surface area contributed by atoms with Crippen molar-refractivity contribution >= 4 is 45.0 Å². The molecule has 0 saturated carbocycles. The number of rotatable bonds is 8. The lowest BCUT2D eigenvalue weighted by Crippen LogP contribution is -2.66. The predicted octanol–water partition coefficient (Wildman–Crippen LogP) is 6.67. The zero-order chi connectivity index (χ0) is 24.2. The van der Waals surface area contributed by atoms with Crippen LogP contribution in [0.4, 0.5) is 0 Å². The van der Waals surface area contributed by atoms with Crippen molar-refractivity contribution in [1.29, 1.82) is 0 Å². The molecule has 0 N–H and O–H groups in total. The Hall–Kier alpha value is -2.42. The molecular formula is C31H36BClS. The lowest BCUT2D eigenvalue weighted by molar-refractivity contribution is 0.874. The Morgan fingerprint density at radius 3 is 1.38 bits per heavy atom. The van der Waals surface area contributed by atoms with Crippen LogP contribution in [0.5, 0.6) is 0 Å². The third-order valence-corrected chi connectivity index (χ3v) is 7.63. The Kier molecular flexibility index (Phi) is 10.4. The summed E-state index contributed by atoms with van der Waals surface area (Å²) >= 11 is 5.75. The molecule has 3 heteroatoms. The third-order valence-electron chi connectivity index (χ3n) is 6.47. The number of unbranched alkanes of at least 4 members (excludes halogenated alkanes) is 1. The molecule has 0 amide bonds. The molecule has 0 aliphatic rings. The molecule has 0 nitrogen and oxygen atoms in total. The highest BCUT2D eigenvalue weighted by Gasteiger charge is 2.28. The molecule has 176 valence electrons. The summed E-state index contributed by atoms with van der Waals surface area (Å²) in [5.74, 6) is 1.16. The first-order chi connectivity index (χ1) is 16.6. The van der Waals surface area contributed by atoms with E-state index in [4.69, 9.17) is 11.6 Å². The van der Waals surface area contributed by atoms with Gasteiger partial charge in [-0.3, -0.25) is 0 Å². The van der Waals surface area contributed by atoms with Gasteiger partial charge in [-0.25, -0.2) is 0 Å². The maximum Gasteiger partial charge on any atom is 0.132 e. The molecule has 4 rings (SSSR count). The Morgan fingerprint density at radius 1 is 0.618 bits per heavy atom. The van der Waals surface area contributed by atoms with Gasteiger partial charge in [0, 0.05) is 10.6 Å². The molecule has 0 unspecified atom stereocenters. The van der Waals surface area contributed by atoms with Crippen molar-refractivity contribution in [3.63, 3.8) is 0 Å². The summed E-state index contributed by atoms with van der Waals surface area (Å²) < 4.78 is 0. The van der Waals surface area contributed by atoms with Crippen LogP contribution in [0.15, 0.2) is 115 Å². The molecular weight excluding hydrogens is 451 g/mol. The second kappa shape index (κ2) is 13.5. The fourth-order valence-electron chi connectivity index (χ4n) is 4.85. The second-order valence-electron chi connectivity index (χ2n) is 9.18. The SMILES string of the molecule is CCCC[B-](c1ccccc1)(c1ccccc1)c1ccccc1.C[S+](C)Cc1ccc(Cl)cc1. The largest absolute Gasteiger partial charge is 0.200 e. The molecule has 0 bridgehead atoms. The van der Waals surface area contributed by atoms with Gasteiger partial charge in [0.1, 0.15) is 5.75 Å². The first-order valence-corrected chi connectivity index (χ1v) is 14.8. The topological polar surface area (TPSA) is 0 Å². The maximum absolute atomic E-state index is 5.75. The zero-order valence-corrected chi connectivity index (χ0v) is 22.2. The molecule has 0 aromatic heterocycles. The monoisotopic (exact) mass is 486 g/mol. The Labute approximate surface area is 214 Å². The van der Waals surface area contributed by atoms with E-state index in [0.29, 0.717) is 10.9 Å². The molecule has 0 heterocycles. The smallest absolute Gasteiger partial charge is 0.132 e. The van der Waals surface area contributed by atoms with Crippen molar-refractivity contribution in [1.82, 2.24) is 0 Å². The molecule has 0 aliphatic carbocycles. The van der Waals surface area contributed by atoms with Crippen LogP contribution >= 0.6 is 11.6 Å². The lowest BCUT2D eigenvalue weighted by Gasteiger charge is -2.43. The minimum atomic E-state index is -0.913. The van der Waals surface area contributed by atoms with Crippen molar-refractivity contribution < 1.29 is 0 Å². The first-order valence-electron chi connectivity index (χ1n) is 12.2. The molecule has 0 fully saturated rings. The van der Waals surface area contributed by atoms with Crippen molar-refractivity contribution in [2.75, 3.05) is 12.5 Å². The molecule has 0 aliphatic heterocycles. The van der Waals surface area contributed by atoms with Gasteiger partial charge < -0.3 is 0 Å².